The van der Waals surface area contributed by atoms with Gasteiger partial charge in [0.1, 0.15) is 5.82 Å². The molecule has 176 valence electrons. The summed E-state index contributed by atoms with van der Waals surface area (Å²) in [5.74, 6) is -0.782. The van der Waals surface area contributed by atoms with Gasteiger partial charge in [-0.25, -0.2) is 4.39 Å². The number of hydrogen-bond acceptors (Lipinski definition) is 4. The minimum absolute atomic E-state index is 0.122. The van der Waals surface area contributed by atoms with Gasteiger partial charge in [-0.1, -0.05) is 37.5 Å². The van der Waals surface area contributed by atoms with E-state index in [0.717, 1.165) is 25.7 Å². The number of likely N-dealkylation sites (N-methyl/N-ethyl adjacent to an activating group) is 2. The summed E-state index contributed by atoms with van der Waals surface area (Å²) < 4.78 is 25.9. The number of ether oxygens (including phenoxy) is 2. The molecule has 1 heterocycles. The lowest BCUT2D eigenvalue weighted by atomic mass is 9.78. The summed E-state index contributed by atoms with van der Waals surface area (Å²) in [5, 5.41) is 0. The summed E-state index contributed by atoms with van der Waals surface area (Å²) in [7, 11) is 6.47. The molecule has 6 nitrogen and oxygen atoms in total. The molecule has 0 N–H and O–H groups in total. The van der Waals surface area contributed by atoms with Crippen LogP contribution in [0.3, 0.4) is 0 Å². The van der Waals surface area contributed by atoms with Crippen LogP contribution in [-0.4, -0.2) is 56.0 Å². The van der Waals surface area contributed by atoms with Crippen LogP contribution < -0.4 is 9.47 Å². The number of nitrogens with zero attached hydrogens (tertiary/aromatic N) is 2. The third kappa shape index (κ3) is 4.05. The average molecular weight is 455 g/mol. The number of benzene rings is 2. The van der Waals surface area contributed by atoms with Gasteiger partial charge in [-0.3, -0.25) is 9.59 Å². The second kappa shape index (κ2) is 9.41. The first-order valence-corrected chi connectivity index (χ1v) is 11.4. The second-order valence-corrected chi connectivity index (χ2v) is 8.90. The van der Waals surface area contributed by atoms with Crippen LogP contribution in [0.2, 0.25) is 0 Å². The number of hydrogen-bond donors (Lipinski definition) is 0. The van der Waals surface area contributed by atoms with Crippen molar-refractivity contribution >= 4 is 11.8 Å². The molecule has 0 radical (unpaired) electrons. The number of amides is 2. The molecule has 1 saturated carbocycles. The van der Waals surface area contributed by atoms with Crippen molar-refractivity contribution in [3.8, 4) is 11.5 Å². The van der Waals surface area contributed by atoms with Crippen LogP contribution in [0.4, 0.5) is 4.39 Å². The molecule has 1 aliphatic carbocycles. The first-order chi connectivity index (χ1) is 15.9. The molecule has 0 saturated heterocycles. The van der Waals surface area contributed by atoms with Crippen molar-refractivity contribution in [1.82, 2.24) is 9.80 Å². The van der Waals surface area contributed by atoms with Crippen LogP contribution >= 0.6 is 0 Å². The molecule has 0 spiro atoms. The van der Waals surface area contributed by atoms with E-state index >= 15 is 0 Å². The molecule has 33 heavy (non-hydrogen) atoms. The Kier molecular flexibility index (Phi) is 6.58. The highest BCUT2D eigenvalue weighted by Crippen LogP contribution is 2.47. The molecule has 2 unspecified atom stereocenters. The van der Waals surface area contributed by atoms with Crippen LogP contribution in [0, 0.1) is 5.82 Å². The quantitative estimate of drug-likeness (QED) is 0.665. The van der Waals surface area contributed by atoms with E-state index < -0.39 is 17.8 Å². The van der Waals surface area contributed by atoms with E-state index in [-0.39, 0.29) is 17.9 Å². The molecule has 2 aliphatic rings. The fourth-order valence-electron chi connectivity index (χ4n) is 5.29. The maximum atomic E-state index is 15.0. The smallest absolute Gasteiger partial charge is 0.254 e. The normalized spacial score (nSPS) is 20.9. The first kappa shape index (κ1) is 23.1. The molecule has 2 amide bonds. The molecule has 7 heteroatoms. The number of carbonyl (C=O) groups excluding carboxylic acids is 2. The predicted molar refractivity (Wildman–Crippen MR) is 123 cm³/mol. The highest BCUT2D eigenvalue weighted by atomic mass is 19.1. The third-order valence-electron chi connectivity index (χ3n) is 7.13. The summed E-state index contributed by atoms with van der Waals surface area (Å²) >= 11 is 0. The molecule has 2 aromatic rings. The lowest BCUT2D eigenvalue weighted by Crippen LogP contribution is -2.48. The number of halogens is 1. The predicted octanol–water partition coefficient (Wildman–Crippen LogP) is 4.54. The van der Waals surface area contributed by atoms with Gasteiger partial charge in [-0.2, -0.15) is 0 Å². The number of methoxy groups -OCH3 is 2. The van der Waals surface area contributed by atoms with Crippen LogP contribution in [0.1, 0.15) is 65.5 Å². The lowest BCUT2D eigenvalue weighted by Gasteiger charge is -2.43. The third-order valence-corrected chi connectivity index (χ3v) is 7.13. The fraction of sp³-hybridized carbons (Fsp3) is 0.462. The minimum atomic E-state index is -0.775. The molecule has 4 rings (SSSR count). The average Bonchev–Trinajstić information content (AvgIpc) is 2.85. The van der Waals surface area contributed by atoms with Crippen molar-refractivity contribution < 1.29 is 23.5 Å². The Morgan fingerprint density at radius 3 is 2.30 bits per heavy atom. The summed E-state index contributed by atoms with van der Waals surface area (Å²) in [6, 6.07) is 9.03. The molecule has 2 aromatic carbocycles. The fourth-order valence-corrected chi connectivity index (χ4v) is 5.29. The monoisotopic (exact) mass is 454 g/mol. The minimum Gasteiger partial charge on any atom is -0.493 e. The van der Waals surface area contributed by atoms with Crippen molar-refractivity contribution in [2.45, 2.75) is 50.1 Å². The van der Waals surface area contributed by atoms with Crippen molar-refractivity contribution in [3.05, 3.63) is 58.9 Å². The zero-order valence-electron chi connectivity index (χ0n) is 19.6. The standard InChI is InChI=1S/C26H31FN2O4/c1-28(16-10-6-5-7-11-16)26(31)23-18-14-21(32-3)22(33-4)15-19(18)25(30)29(2)24(23)17-12-8-9-13-20(17)27/h8-9,12-16,23-24H,5-7,10-11H2,1-4H3. The van der Waals surface area contributed by atoms with Gasteiger partial charge in [-0.15, -0.1) is 0 Å². The topological polar surface area (TPSA) is 59.1 Å². The largest absolute Gasteiger partial charge is 0.493 e. The van der Waals surface area contributed by atoms with E-state index in [1.54, 1.807) is 37.4 Å². The highest BCUT2D eigenvalue weighted by Gasteiger charge is 2.46. The van der Waals surface area contributed by atoms with Crippen LogP contribution in [0.15, 0.2) is 36.4 Å². The van der Waals surface area contributed by atoms with Crippen LogP contribution in [0.25, 0.3) is 0 Å². The van der Waals surface area contributed by atoms with Crippen molar-refractivity contribution in [1.29, 1.82) is 0 Å². The Labute approximate surface area is 194 Å². The molecular formula is C26H31FN2O4. The van der Waals surface area contributed by atoms with Gasteiger partial charge in [0.05, 0.1) is 26.2 Å². The summed E-state index contributed by atoms with van der Waals surface area (Å²) in [4.78, 5) is 30.7. The van der Waals surface area contributed by atoms with E-state index in [4.69, 9.17) is 9.47 Å². The number of rotatable bonds is 5. The van der Waals surface area contributed by atoms with Gasteiger partial charge in [0.15, 0.2) is 11.5 Å². The molecular weight excluding hydrogens is 423 g/mol. The van der Waals surface area contributed by atoms with Gasteiger partial charge in [0.25, 0.3) is 5.91 Å². The Hall–Kier alpha value is -3.09. The second-order valence-electron chi connectivity index (χ2n) is 8.90. The molecule has 2 atom stereocenters. The SMILES string of the molecule is COc1cc2c(cc1OC)C(C(=O)N(C)C1CCCCC1)C(c1ccccc1F)N(C)C2=O. The summed E-state index contributed by atoms with van der Waals surface area (Å²) in [5.41, 5.74) is 1.24. The van der Waals surface area contributed by atoms with Gasteiger partial charge < -0.3 is 19.3 Å². The van der Waals surface area contributed by atoms with Gasteiger partial charge >= 0.3 is 0 Å². The zero-order valence-corrected chi connectivity index (χ0v) is 19.6. The Morgan fingerprint density at radius 1 is 1.03 bits per heavy atom. The molecule has 1 fully saturated rings. The molecule has 1 aliphatic heterocycles. The van der Waals surface area contributed by atoms with Crippen molar-refractivity contribution in [2.75, 3.05) is 28.3 Å². The van der Waals surface area contributed by atoms with Gasteiger partial charge in [-0.05, 0) is 36.6 Å². The highest BCUT2D eigenvalue weighted by molar-refractivity contribution is 6.02. The Morgan fingerprint density at radius 2 is 1.67 bits per heavy atom. The maximum Gasteiger partial charge on any atom is 0.254 e. The van der Waals surface area contributed by atoms with E-state index in [9.17, 15) is 14.0 Å². The van der Waals surface area contributed by atoms with E-state index in [2.05, 4.69) is 0 Å². The van der Waals surface area contributed by atoms with Crippen LogP contribution in [0.5, 0.6) is 11.5 Å². The first-order valence-electron chi connectivity index (χ1n) is 11.4. The van der Waals surface area contributed by atoms with E-state index in [1.807, 2.05) is 11.9 Å². The molecule has 0 bridgehead atoms. The van der Waals surface area contributed by atoms with Gasteiger partial charge in [0.2, 0.25) is 5.91 Å². The lowest BCUT2D eigenvalue weighted by molar-refractivity contribution is -0.135. The van der Waals surface area contributed by atoms with E-state index in [1.165, 1.54) is 31.6 Å². The van der Waals surface area contributed by atoms with Crippen molar-refractivity contribution in [3.63, 3.8) is 0 Å². The number of carbonyl (C=O) groups is 2. The van der Waals surface area contributed by atoms with E-state index in [0.29, 0.717) is 28.2 Å². The summed E-state index contributed by atoms with van der Waals surface area (Å²) in [6.45, 7) is 0. The Bertz CT molecular complexity index is 1050. The van der Waals surface area contributed by atoms with Crippen molar-refractivity contribution in [2.24, 2.45) is 0 Å². The summed E-state index contributed by atoms with van der Waals surface area (Å²) in [6.07, 6.45) is 5.25. The Balaban J connectivity index is 1.89. The maximum absolute atomic E-state index is 15.0. The van der Waals surface area contributed by atoms with Crippen LogP contribution in [-0.2, 0) is 4.79 Å². The molecule has 0 aromatic heterocycles. The van der Waals surface area contributed by atoms with Gasteiger partial charge in [0, 0.05) is 31.3 Å². The zero-order chi connectivity index (χ0) is 23.7. The number of fused-ring (bicyclic) bond motifs is 1.